The average molecular weight is 282 g/mol. The summed E-state index contributed by atoms with van der Waals surface area (Å²) in [5.41, 5.74) is 7.45. The van der Waals surface area contributed by atoms with Crippen molar-refractivity contribution < 1.29 is 4.39 Å². The summed E-state index contributed by atoms with van der Waals surface area (Å²) in [5, 5.41) is 0.600. The van der Waals surface area contributed by atoms with Gasteiger partial charge in [0.25, 0.3) is 0 Å². The number of benzene rings is 2. The third-order valence-corrected chi connectivity index (χ3v) is 3.99. The Bertz CT molecular complexity index is 528. The lowest BCUT2D eigenvalue weighted by Gasteiger charge is -2.05. The minimum atomic E-state index is -0.256. The second-order valence-electron chi connectivity index (χ2n) is 3.87. The van der Waals surface area contributed by atoms with E-state index < -0.39 is 0 Å². The van der Waals surface area contributed by atoms with E-state index in [1.807, 2.05) is 24.3 Å². The van der Waals surface area contributed by atoms with Crippen molar-refractivity contribution in [3.63, 3.8) is 0 Å². The highest BCUT2D eigenvalue weighted by atomic mass is 35.5. The molecule has 0 bridgehead atoms. The average Bonchev–Trinajstić information content (AvgIpc) is 2.40. The zero-order valence-electron chi connectivity index (χ0n) is 9.70. The maximum atomic E-state index is 13.1. The Morgan fingerprint density at radius 3 is 2.50 bits per heavy atom. The van der Waals surface area contributed by atoms with E-state index >= 15 is 0 Å². The third kappa shape index (κ3) is 3.48. The highest BCUT2D eigenvalue weighted by Gasteiger charge is 2.03. The van der Waals surface area contributed by atoms with Crippen LogP contribution in [-0.2, 0) is 12.3 Å². The summed E-state index contributed by atoms with van der Waals surface area (Å²) in [7, 11) is 0. The van der Waals surface area contributed by atoms with Gasteiger partial charge in [-0.25, -0.2) is 4.39 Å². The van der Waals surface area contributed by atoms with Crippen LogP contribution in [0.1, 0.15) is 11.1 Å². The lowest BCUT2D eigenvalue weighted by Crippen LogP contribution is -1.95. The van der Waals surface area contributed by atoms with Crippen molar-refractivity contribution in [3.05, 3.63) is 64.4 Å². The molecular formula is C14H13ClFNS. The molecule has 2 aromatic carbocycles. The van der Waals surface area contributed by atoms with Gasteiger partial charge >= 0.3 is 0 Å². The molecule has 4 heteroatoms. The Kier molecular flexibility index (Phi) is 4.64. The van der Waals surface area contributed by atoms with Crippen molar-refractivity contribution in [1.29, 1.82) is 0 Å². The Labute approximate surface area is 115 Å². The van der Waals surface area contributed by atoms with Crippen LogP contribution in [0.2, 0.25) is 5.02 Å². The van der Waals surface area contributed by atoms with Crippen molar-refractivity contribution in [2.75, 3.05) is 0 Å². The quantitative estimate of drug-likeness (QED) is 0.849. The highest BCUT2D eigenvalue weighted by molar-refractivity contribution is 7.98. The lowest BCUT2D eigenvalue weighted by atomic mass is 10.2. The summed E-state index contributed by atoms with van der Waals surface area (Å²) < 4.78 is 13.1. The molecule has 0 aliphatic rings. The van der Waals surface area contributed by atoms with Crippen LogP contribution in [0.15, 0.2) is 47.4 Å². The fourth-order valence-corrected chi connectivity index (χ4v) is 2.69. The highest BCUT2D eigenvalue weighted by Crippen LogP contribution is 2.27. The van der Waals surface area contributed by atoms with E-state index in [4.69, 9.17) is 17.3 Å². The van der Waals surface area contributed by atoms with Crippen LogP contribution in [0.5, 0.6) is 0 Å². The first-order valence-corrected chi connectivity index (χ1v) is 6.91. The van der Waals surface area contributed by atoms with E-state index in [-0.39, 0.29) is 5.82 Å². The number of thioether (sulfide) groups is 1. The fraction of sp³-hybridized carbons (Fsp3) is 0.143. The molecule has 0 heterocycles. The Morgan fingerprint density at radius 2 is 1.83 bits per heavy atom. The lowest BCUT2D eigenvalue weighted by molar-refractivity contribution is 0.626. The second-order valence-corrected chi connectivity index (χ2v) is 5.33. The monoisotopic (exact) mass is 281 g/mol. The maximum Gasteiger partial charge on any atom is 0.123 e. The smallest absolute Gasteiger partial charge is 0.123 e. The van der Waals surface area contributed by atoms with Crippen LogP contribution in [0.3, 0.4) is 0 Å². The van der Waals surface area contributed by atoms with E-state index in [9.17, 15) is 4.39 Å². The molecule has 0 aromatic heterocycles. The van der Waals surface area contributed by atoms with Gasteiger partial charge in [-0.3, -0.25) is 0 Å². The van der Waals surface area contributed by atoms with E-state index in [1.165, 1.54) is 12.1 Å². The Hall–Kier alpha value is -1.03. The van der Waals surface area contributed by atoms with Gasteiger partial charge in [0.05, 0.1) is 0 Å². The molecule has 1 nitrogen and oxygen atoms in total. The second kappa shape index (κ2) is 6.23. The first-order valence-electron chi connectivity index (χ1n) is 5.55. The number of hydrogen-bond acceptors (Lipinski definition) is 2. The van der Waals surface area contributed by atoms with Crippen LogP contribution < -0.4 is 5.73 Å². The summed E-state index contributed by atoms with van der Waals surface area (Å²) in [6, 6.07) is 12.4. The van der Waals surface area contributed by atoms with Crippen LogP contribution in [-0.4, -0.2) is 0 Å². The summed E-state index contributed by atoms with van der Waals surface area (Å²) in [6.45, 7) is 0.542. The van der Waals surface area contributed by atoms with Gasteiger partial charge in [0.15, 0.2) is 0 Å². The molecule has 0 saturated heterocycles. The molecule has 0 amide bonds. The van der Waals surface area contributed by atoms with Gasteiger partial charge in [-0.05, 0) is 41.5 Å². The molecule has 0 radical (unpaired) electrons. The zero-order valence-corrected chi connectivity index (χ0v) is 11.3. The van der Waals surface area contributed by atoms with Crippen LogP contribution in [0.25, 0.3) is 0 Å². The normalized spacial score (nSPS) is 10.6. The fourth-order valence-electron chi connectivity index (χ4n) is 1.54. The van der Waals surface area contributed by atoms with Gasteiger partial charge in [0.1, 0.15) is 5.82 Å². The van der Waals surface area contributed by atoms with Gasteiger partial charge in [0.2, 0.25) is 0 Å². The number of nitrogens with two attached hydrogens (primary N) is 1. The van der Waals surface area contributed by atoms with E-state index in [2.05, 4.69) is 0 Å². The zero-order chi connectivity index (χ0) is 13.0. The number of rotatable bonds is 4. The van der Waals surface area contributed by atoms with Crippen molar-refractivity contribution in [2.45, 2.75) is 17.2 Å². The van der Waals surface area contributed by atoms with Gasteiger partial charge in [-0.2, -0.15) is 0 Å². The molecular weight excluding hydrogens is 269 g/mol. The number of halogens is 2. The van der Waals surface area contributed by atoms with Crippen molar-refractivity contribution in [2.24, 2.45) is 5.73 Å². The predicted octanol–water partition coefficient (Wildman–Crippen LogP) is 4.23. The standard InChI is InChI=1S/C14H13ClFNS/c15-14-6-3-12(16)7-11(14)9-18-13-4-1-10(8-17)2-5-13/h1-7H,8-9,17H2. The van der Waals surface area contributed by atoms with Crippen molar-refractivity contribution in [3.8, 4) is 0 Å². The summed E-state index contributed by atoms with van der Waals surface area (Å²) in [4.78, 5) is 1.12. The van der Waals surface area contributed by atoms with Crippen LogP contribution in [0.4, 0.5) is 4.39 Å². The summed E-state index contributed by atoms with van der Waals surface area (Å²) >= 11 is 7.64. The van der Waals surface area contributed by atoms with Gasteiger partial charge in [0, 0.05) is 22.2 Å². The molecule has 0 aliphatic heterocycles. The van der Waals surface area contributed by atoms with E-state index in [1.54, 1.807) is 17.8 Å². The Balaban J connectivity index is 2.04. The molecule has 0 atom stereocenters. The largest absolute Gasteiger partial charge is 0.326 e. The van der Waals surface area contributed by atoms with Crippen LogP contribution in [0, 0.1) is 5.82 Å². The molecule has 18 heavy (non-hydrogen) atoms. The molecule has 0 unspecified atom stereocenters. The van der Waals surface area contributed by atoms with Crippen LogP contribution >= 0.6 is 23.4 Å². The summed E-state index contributed by atoms with van der Waals surface area (Å²) in [6.07, 6.45) is 0. The van der Waals surface area contributed by atoms with Crippen molar-refractivity contribution >= 4 is 23.4 Å². The van der Waals surface area contributed by atoms with E-state index in [0.29, 0.717) is 17.3 Å². The molecule has 2 N–H and O–H groups in total. The molecule has 0 fully saturated rings. The first-order chi connectivity index (χ1) is 8.69. The van der Waals surface area contributed by atoms with Gasteiger partial charge in [-0.15, -0.1) is 11.8 Å². The SMILES string of the molecule is NCc1ccc(SCc2cc(F)ccc2Cl)cc1. The number of hydrogen-bond donors (Lipinski definition) is 1. The first kappa shape index (κ1) is 13.4. The third-order valence-electron chi connectivity index (χ3n) is 2.56. The molecule has 94 valence electrons. The van der Waals surface area contributed by atoms with Crippen molar-refractivity contribution in [1.82, 2.24) is 0 Å². The minimum Gasteiger partial charge on any atom is -0.326 e. The molecule has 2 aromatic rings. The Morgan fingerprint density at radius 1 is 1.11 bits per heavy atom. The van der Waals surface area contributed by atoms with Gasteiger partial charge < -0.3 is 5.73 Å². The minimum absolute atomic E-state index is 0.256. The van der Waals surface area contributed by atoms with Gasteiger partial charge in [-0.1, -0.05) is 23.7 Å². The predicted molar refractivity (Wildman–Crippen MR) is 75.3 cm³/mol. The van der Waals surface area contributed by atoms with E-state index in [0.717, 1.165) is 16.0 Å². The molecule has 0 spiro atoms. The maximum absolute atomic E-state index is 13.1. The molecule has 0 aliphatic carbocycles. The topological polar surface area (TPSA) is 26.0 Å². The summed E-state index contributed by atoms with van der Waals surface area (Å²) in [5.74, 6) is 0.395. The molecule has 2 rings (SSSR count). The molecule has 0 saturated carbocycles.